The molecule has 5 nitrogen and oxygen atoms in total. The summed E-state index contributed by atoms with van der Waals surface area (Å²) in [5.74, 6) is 0.637. The molecule has 0 bridgehead atoms. The Morgan fingerprint density at radius 2 is 2.29 bits per heavy atom. The van der Waals surface area contributed by atoms with Crippen LogP contribution in [-0.2, 0) is 0 Å². The second-order valence-corrected chi connectivity index (χ2v) is 4.90. The molecule has 2 aromatic rings. The molecule has 1 saturated carbocycles. The maximum Gasteiger partial charge on any atom is 0.226 e. The molecular formula is C11H10ClN5. The molecule has 0 spiro atoms. The van der Waals surface area contributed by atoms with Crippen LogP contribution in [0.5, 0.6) is 0 Å². The van der Waals surface area contributed by atoms with Gasteiger partial charge in [0.2, 0.25) is 5.28 Å². The molecule has 0 aliphatic heterocycles. The van der Waals surface area contributed by atoms with Crippen LogP contribution in [0.4, 0.5) is 5.82 Å². The predicted molar refractivity (Wildman–Crippen MR) is 64.9 cm³/mol. The van der Waals surface area contributed by atoms with Crippen molar-refractivity contribution in [3.8, 4) is 6.07 Å². The van der Waals surface area contributed by atoms with Crippen LogP contribution in [0.2, 0.25) is 5.28 Å². The minimum Gasteiger partial charge on any atom is -0.364 e. The highest BCUT2D eigenvalue weighted by Crippen LogP contribution is 2.39. The first-order valence-electron chi connectivity index (χ1n) is 5.34. The topological polar surface area (TPSA) is 77.4 Å². The lowest BCUT2D eigenvalue weighted by Crippen LogP contribution is -2.17. The lowest BCUT2D eigenvalue weighted by atomic mass is 10.2. The first kappa shape index (κ1) is 10.4. The Bertz CT molecular complexity index is 635. The van der Waals surface area contributed by atoms with Gasteiger partial charge in [-0.3, -0.25) is 0 Å². The summed E-state index contributed by atoms with van der Waals surface area (Å²) in [5, 5.41) is 13.3. The molecule has 3 rings (SSSR count). The molecule has 2 heterocycles. The van der Waals surface area contributed by atoms with E-state index < -0.39 is 0 Å². The fourth-order valence-electron chi connectivity index (χ4n) is 1.78. The van der Waals surface area contributed by atoms with E-state index in [-0.39, 0.29) is 10.8 Å². The Morgan fingerprint density at radius 1 is 1.53 bits per heavy atom. The molecule has 0 amide bonds. The smallest absolute Gasteiger partial charge is 0.226 e. The van der Waals surface area contributed by atoms with Crippen LogP contribution < -0.4 is 5.32 Å². The molecule has 0 atom stereocenters. The molecule has 0 saturated heterocycles. The zero-order chi connectivity index (χ0) is 12.0. The second-order valence-electron chi connectivity index (χ2n) is 4.56. The summed E-state index contributed by atoms with van der Waals surface area (Å²) in [6, 6.07) is 2.12. The lowest BCUT2D eigenvalue weighted by molar-refractivity contribution is 0.822. The van der Waals surface area contributed by atoms with Crippen molar-refractivity contribution in [1.29, 1.82) is 5.26 Å². The maximum absolute atomic E-state index is 9.05. The summed E-state index contributed by atoms with van der Waals surface area (Å²) in [5.41, 5.74) is 1.20. The Kier molecular flexibility index (Phi) is 2.04. The number of nitrogens with one attached hydrogen (secondary N) is 2. The average molecular weight is 248 g/mol. The monoisotopic (exact) mass is 247 g/mol. The number of aromatic amines is 1. The zero-order valence-electron chi connectivity index (χ0n) is 9.21. The Labute approximate surface area is 103 Å². The van der Waals surface area contributed by atoms with Gasteiger partial charge in [-0.2, -0.15) is 15.2 Å². The predicted octanol–water partition coefficient (Wildman–Crippen LogP) is 2.45. The van der Waals surface area contributed by atoms with Gasteiger partial charge in [0.05, 0.1) is 10.9 Å². The first-order valence-corrected chi connectivity index (χ1v) is 5.72. The van der Waals surface area contributed by atoms with E-state index in [1.54, 1.807) is 6.20 Å². The van der Waals surface area contributed by atoms with Crippen LogP contribution in [0.25, 0.3) is 11.0 Å². The van der Waals surface area contributed by atoms with Gasteiger partial charge in [-0.05, 0) is 31.4 Å². The molecule has 17 heavy (non-hydrogen) atoms. The highest BCUT2D eigenvalue weighted by atomic mass is 35.5. The summed E-state index contributed by atoms with van der Waals surface area (Å²) in [6.07, 6.45) is 3.82. The van der Waals surface area contributed by atoms with Crippen molar-refractivity contribution in [2.45, 2.75) is 25.3 Å². The van der Waals surface area contributed by atoms with E-state index in [1.165, 1.54) is 0 Å². The van der Waals surface area contributed by atoms with E-state index >= 15 is 0 Å². The third-order valence-electron chi connectivity index (χ3n) is 3.04. The molecule has 2 aromatic heterocycles. The molecule has 1 fully saturated rings. The molecule has 86 valence electrons. The summed E-state index contributed by atoms with van der Waals surface area (Å²) >= 11 is 5.86. The molecular weight excluding hydrogens is 238 g/mol. The standard InChI is InChI=1S/C11H10ClN5/c1-11(2-3-11)17-9-7-6(4-13)5-14-8(7)15-10(12)16-9/h5H,2-3H2,1H3,(H2,14,15,16,17). The number of anilines is 1. The summed E-state index contributed by atoms with van der Waals surface area (Å²) in [4.78, 5) is 11.2. The molecule has 6 heteroatoms. The number of halogens is 1. The van der Waals surface area contributed by atoms with Crippen LogP contribution in [0.1, 0.15) is 25.3 Å². The highest BCUT2D eigenvalue weighted by molar-refractivity contribution is 6.28. The zero-order valence-corrected chi connectivity index (χ0v) is 9.97. The highest BCUT2D eigenvalue weighted by Gasteiger charge is 2.38. The summed E-state index contributed by atoms with van der Waals surface area (Å²) < 4.78 is 0. The van der Waals surface area contributed by atoms with Crippen LogP contribution in [0.3, 0.4) is 0 Å². The Hall–Kier alpha value is -1.80. The molecule has 2 N–H and O–H groups in total. The third-order valence-corrected chi connectivity index (χ3v) is 3.21. The van der Waals surface area contributed by atoms with Crippen molar-refractivity contribution in [3.63, 3.8) is 0 Å². The number of hydrogen-bond acceptors (Lipinski definition) is 4. The Morgan fingerprint density at radius 3 is 2.94 bits per heavy atom. The van der Waals surface area contributed by atoms with Crippen molar-refractivity contribution in [3.05, 3.63) is 17.0 Å². The fourth-order valence-corrected chi connectivity index (χ4v) is 1.95. The SMILES string of the molecule is CC1(Nc2nc(Cl)nc3[nH]cc(C#N)c23)CC1. The van der Waals surface area contributed by atoms with E-state index in [1.807, 2.05) is 0 Å². The molecule has 0 aromatic carbocycles. The third kappa shape index (κ3) is 1.71. The lowest BCUT2D eigenvalue weighted by Gasteiger charge is -2.13. The van der Waals surface area contributed by atoms with E-state index in [0.29, 0.717) is 22.4 Å². The minimum absolute atomic E-state index is 0.0780. The maximum atomic E-state index is 9.05. The number of rotatable bonds is 2. The van der Waals surface area contributed by atoms with Gasteiger partial charge in [0.25, 0.3) is 0 Å². The number of aromatic nitrogens is 3. The number of hydrogen-bond donors (Lipinski definition) is 2. The normalized spacial score (nSPS) is 16.8. The number of nitrogens with zero attached hydrogens (tertiary/aromatic N) is 3. The van der Waals surface area contributed by atoms with E-state index in [4.69, 9.17) is 16.9 Å². The van der Waals surface area contributed by atoms with Gasteiger partial charge < -0.3 is 10.3 Å². The van der Waals surface area contributed by atoms with E-state index in [0.717, 1.165) is 12.8 Å². The van der Waals surface area contributed by atoms with Gasteiger partial charge in [0.1, 0.15) is 17.5 Å². The van der Waals surface area contributed by atoms with Crippen molar-refractivity contribution in [2.75, 3.05) is 5.32 Å². The first-order chi connectivity index (χ1) is 8.11. The molecule has 0 unspecified atom stereocenters. The number of fused-ring (bicyclic) bond motifs is 1. The van der Waals surface area contributed by atoms with E-state index in [2.05, 4.69) is 33.3 Å². The van der Waals surface area contributed by atoms with Gasteiger partial charge in [0, 0.05) is 11.7 Å². The number of nitriles is 1. The largest absolute Gasteiger partial charge is 0.364 e. The molecule has 0 radical (unpaired) electrons. The van der Waals surface area contributed by atoms with Gasteiger partial charge in [-0.15, -0.1) is 0 Å². The van der Waals surface area contributed by atoms with Crippen LogP contribution in [0.15, 0.2) is 6.20 Å². The van der Waals surface area contributed by atoms with Gasteiger partial charge in [-0.1, -0.05) is 0 Å². The molecule has 1 aliphatic carbocycles. The minimum atomic E-state index is 0.0780. The van der Waals surface area contributed by atoms with Crippen LogP contribution >= 0.6 is 11.6 Å². The van der Waals surface area contributed by atoms with Gasteiger partial charge in [-0.25, -0.2) is 0 Å². The molecule has 1 aliphatic rings. The van der Waals surface area contributed by atoms with Crippen molar-refractivity contribution in [2.24, 2.45) is 0 Å². The van der Waals surface area contributed by atoms with Crippen molar-refractivity contribution < 1.29 is 0 Å². The van der Waals surface area contributed by atoms with Gasteiger partial charge in [0.15, 0.2) is 0 Å². The summed E-state index contributed by atoms with van der Waals surface area (Å²) in [6.45, 7) is 2.12. The fraction of sp³-hybridized carbons (Fsp3) is 0.364. The van der Waals surface area contributed by atoms with Crippen molar-refractivity contribution >= 4 is 28.5 Å². The summed E-state index contributed by atoms with van der Waals surface area (Å²) in [7, 11) is 0. The quantitative estimate of drug-likeness (QED) is 0.799. The van der Waals surface area contributed by atoms with Gasteiger partial charge >= 0.3 is 0 Å². The van der Waals surface area contributed by atoms with Crippen molar-refractivity contribution in [1.82, 2.24) is 15.0 Å². The van der Waals surface area contributed by atoms with E-state index in [9.17, 15) is 0 Å². The second kappa shape index (κ2) is 3.34. The van der Waals surface area contributed by atoms with Crippen LogP contribution in [0, 0.1) is 11.3 Å². The van der Waals surface area contributed by atoms with Crippen LogP contribution in [-0.4, -0.2) is 20.5 Å². The number of H-pyrrole nitrogens is 1. The Balaban J connectivity index is 2.20. The average Bonchev–Trinajstić information content (AvgIpc) is 2.86.